The summed E-state index contributed by atoms with van der Waals surface area (Å²) in [6, 6.07) is 0.536. The SMILES string of the molecule is CCCNc1ncc(Br)c(NC2CCCC(C)C2)n1. The minimum atomic E-state index is 0.536. The van der Waals surface area contributed by atoms with E-state index in [1.807, 2.05) is 6.20 Å². The summed E-state index contributed by atoms with van der Waals surface area (Å²) in [5, 5.41) is 6.78. The second-order valence-electron chi connectivity index (χ2n) is 5.43. The zero-order valence-corrected chi connectivity index (χ0v) is 13.3. The highest BCUT2D eigenvalue weighted by Gasteiger charge is 2.20. The van der Waals surface area contributed by atoms with E-state index in [1.54, 1.807) is 0 Å². The summed E-state index contributed by atoms with van der Waals surface area (Å²) in [4.78, 5) is 8.82. The molecule has 1 aromatic rings. The van der Waals surface area contributed by atoms with Gasteiger partial charge in [0.25, 0.3) is 0 Å². The van der Waals surface area contributed by atoms with Gasteiger partial charge in [-0.1, -0.05) is 26.7 Å². The maximum Gasteiger partial charge on any atom is 0.224 e. The molecule has 0 amide bonds. The van der Waals surface area contributed by atoms with E-state index in [0.29, 0.717) is 12.0 Å². The standard InChI is InChI=1S/C14H23BrN4/c1-3-7-16-14-17-9-12(15)13(19-14)18-11-6-4-5-10(2)8-11/h9-11H,3-8H2,1-2H3,(H2,16,17,18,19). The van der Waals surface area contributed by atoms with E-state index in [4.69, 9.17) is 0 Å². The van der Waals surface area contributed by atoms with Crippen LogP contribution in [0.5, 0.6) is 0 Å². The normalized spacial score (nSPS) is 23.1. The summed E-state index contributed by atoms with van der Waals surface area (Å²) < 4.78 is 0.938. The van der Waals surface area contributed by atoms with Crippen molar-refractivity contribution in [2.75, 3.05) is 17.2 Å². The van der Waals surface area contributed by atoms with Gasteiger partial charge in [0.05, 0.1) is 4.47 Å². The zero-order chi connectivity index (χ0) is 13.7. The highest BCUT2D eigenvalue weighted by atomic mass is 79.9. The Morgan fingerprint density at radius 3 is 3.00 bits per heavy atom. The van der Waals surface area contributed by atoms with Gasteiger partial charge < -0.3 is 10.6 Å². The fourth-order valence-electron chi connectivity index (χ4n) is 2.55. The molecule has 0 aromatic carbocycles. The Bertz CT molecular complexity index is 410. The Balaban J connectivity index is 2.01. The number of hydrogen-bond donors (Lipinski definition) is 2. The van der Waals surface area contributed by atoms with Gasteiger partial charge in [0.2, 0.25) is 5.95 Å². The van der Waals surface area contributed by atoms with Crippen molar-refractivity contribution in [3.63, 3.8) is 0 Å². The molecule has 19 heavy (non-hydrogen) atoms. The highest BCUT2D eigenvalue weighted by Crippen LogP contribution is 2.28. The molecule has 2 atom stereocenters. The van der Waals surface area contributed by atoms with Gasteiger partial charge in [-0.25, -0.2) is 4.98 Å². The Morgan fingerprint density at radius 1 is 1.42 bits per heavy atom. The molecule has 106 valence electrons. The number of halogens is 1. The molecule has 1 aliphatic carbocycles. The monoisotopic (exact) mass is 326 g/mol. The summed E-state index contributed by atoms with van der Waals surface area (Å²) in [6.45, 7) is 5.37. The largest absolute Gasteiger partial charge is 0.366 e. The summed E-state index contributed by atoms with van der Waals surface area (Å²) in [5.41, 5.74) is 0. The van der Waals surface area contributed by atoms with Gasteiger partial charge >= 0.3 is 0 Å². The van der Waals surface area contributed by atoms with E-state index in [9.17, 15) is 0 Å². The Hall–Kier alpha value is -0.840. The molecule has 0 aliphatic heterocycles. The fourth-order valence-corrected chi connectivity index (χ4v) is 2.85. The Morgan fingerprint density at radius 2 is 2.26 bits per heavy atom. The third-order valence-electron chi connectivity index (χ3n) is 3.55. The van der Waals surface area contributed by atoms with E-state index >= 15 is 0 Å². The molecule has 1 aromatic heterocycles. The van der Waals surface area contributed by atoms with E-state index in [2.05, 4.69) is 50.4 Å². The van der Waals surface area contributed by atoms with Gasteiger partial charge in [-0.3, -0.25) is 0 Å². The van der Waals surface area contributed by atoms with E-state index in [-0.39, 0.29) is 0 Å². The minimum Gasteiger partial charge on any atom is -0.366 e. The topological polar surface area (TPSA) is 49.8 Å². The molecule has 0 bridgehead atoms. The fraction of sp³-hybridized carbons (Fsp3) is 0.714. The van der Waals surface area contributed by atoms with E-state index < -0.39 is 0 Å². The average Bonchev–Trinajstić information content (AvgIpc) is 2.40. The smallest absolute Gasteiger partial charge is 0.224 e. The zero-order valence-electron chi connectivity index (χ0n) is 11.7. The van der Waals surface area contributed by atoms with Crippen LogP contribution < -0.4 is 10.6 Å². The quantitative estimate of drug-likeness (QED) is 0.856. The lowest BCUT2D eigenvalue weighted by molar-refractivity contribution is 0.358. The molecule has 5 heteroatoms. The van der Waals surface area contributed by atoms with Crippen molar-refractivity contribution in [3.8, 4) is 0 Å². The summed E-state index contributed by atoms with van der Waals surface area (Å²) in [5.74, 6) is 2.42. The lowest BCUT2D eigenvalue weighted by Crippen LogP contribution is -2.27. The van der Waals surface area contributed by atoms with Crippen molar-refractivity contribution < 1.29 is 0 Å². The first kappa shape index (κ1) is 14.6. The predicted octanol–water partition coefficient (Wildman–Crippen LogP) is 4.05. The molecule has 2 N–H and O–H groups in total. The van der Waals surface area contributed by atoms with Gasteiger partial charge in [-0.05, 0) is 41.1 Å². The molecule has 0 radical (unpaired) electrons. The van der Waals surface area contributed by atoms with Crippen molar-refractivity contribution in [3.05, 3.63) is 10.7 Å². The first-order chi connectivity index (χ1) is 9.19. The summed E-state index contributed by atoms with van der Waals surface area (Å²) >= 11 is 3.53. The van der Waals surface area contributed by atoms with Crippen LogP contribution >= 0.6 is 15.9 Å². The molecule has 1 fully saturated rings. The van der Waals surface area contributed by atoms with Crippen LogP contribution in [0.25, 0.3) is 0 Å². The van der Waals surface area contributed by atoms with Crippen molar-refractivity contribution in [1.82, 2.24) is 9.97 Å². The number of hydrogen-bond acceptors (Lipinski definition) is 4. The maximum absolute atomic E-state index is 4.55. The molecular formula is C14H23BrN4. The van der Waals surface area contributed by atoms with Crippen LogP contribution in [-0.4, -0.2) is 22.6 Å². The predicted molar refractivity (Wildman–Crippen MR) is 83.6 cm³/mol. The van der Waals surface area contributed by atoms with Crippen molar-refractivity contribution in [2.24, 2.45) is 5.92 Å². The van der Waals surface area contributed by atoms with Crippen LogP contribution in [0, 0.1) is 5.92 Å². The van der Waals surface area contributed by atoms with Gasteiger partial charge in [0, 0.05) is 18.8 Å². The van der Waals surface area contributed by atoms with E-state index in [0.717, 1.165) is 29.2 Å². The van der Waals surface area contributed by atoms with Crippen LogP contribution in [0.1, 0.15) is 46.0 Å². The van der Waals surface area contributed by atoms with Gasteiger partial charge in [0.1, 0.15) is 5.82 Å². The number of anilines is 2. The van der Waals surface area contributed by atoms with Crippen molar-refractivity contribution >= 4 is 27.7 Å². The van der Waals surface area contributed by atoms with Crippen LogP contribution in [0.3, 0.4) is 0 Å². The molecule has 1 aliphatic rings. The van der Waals surface area contributed by atoms with Crippen molar-refractivity contribution in [2.45, 2.75) is 52.0 Å². The first-order valence-electron chi connectivity index (χ1n) is 7.22. The van der Waals surface area contributed by atoms with Gasteiger partial charge in [-0.2, -0.15) is 4.98 Å². The molecule has 2 rings (SSSR count). The third-order valence-corrected chi connectivity index (χ3v) is 4.13. The molecule has 1 saturated carbocycles. The number of nitrogens with zero attached hydrogens (tertiary/aromatic N) is 2. The molecule has 0 saturated heterocycles. The van der Waals surface area contributed by atoms with Gasteiger partial charge in [-0.15, -0.1) is 0 Å². The number of rotatable bonds is 5. The molecular weight excluding hydrogens is 304 g/mol. The lowest BCUT2D eigenvalue weighted by atomic mass is 9.87. The highest BCUT2D eigenvalue weighted by molar-refractivity contribution is 9.10. The van der Waals surface area contributed by atoms with Crippen LogP contribution in [-0.2, 0) is 0 Å². The summed E-state index contributed by atoms with van der Waals surface area (Å²) in [7, 11) is 0. The number of nitrogens with one attached hydrogen (secondary N) is 2. The molecule has 0 spiro atoms. The lowest BCUT2D eigenvalue weighted by Gasteiger charge is -2.28. The maximum atomic E-state index is 4.55. The first-order valence-corrected chi connectivity index (χ1v) is 8.01. The average molecular weight is 327 g/mol. The second-order valence-corrected chi connectivity index (χ2v) is 6.28. The molecule has 1 heterocycles. The third kappa shape index (κ3) is 4.34. The minimum absolute atomic E-state index is 0.536. The van der Waals surface area contributed by atoms with Crippen LogP contribution in [0.2, 0.25) is 0 Å². The number of aromatic nitrogens is 2. The van der Waals surface area contributed by atoms with Crippen LogP contribution in [0.15, 0.2) is 10.7 Å². The molecule has 4 nitrogen and oxygen atoms in total. The Labute approximate surface area is 123 Å². The Kier molecular flexibility index (Phi) is 5.43. The van der Waals surface area contributed by atoms with Gasteiger partial charge in [0.15, 0.2) is 0 Å². The molecule has 2 unspecified atom stereocenters. The van der Waals surface area contributed by atoms with Crippen molar-refractivity contribution in [1.29, 1.82) is 0 Å². The second kappa shape index (κ2) is 7.08. The van der Waals surface area contributed by atoms with Crippen LogP contribution in [0.4, 0.5) is 11.8 Å². The van der Waals surface area contributed by atoms with E-state index in [1.165, 1.54) is 25.7 Å². The summed E-state index contributed by atoms with van der Waals surface area (Å²) in [6.07, 6.45) is 8.02.